The molecule has 0 spiro atoms. The molecular formula is C18H30N2. The second-order valence-corrected chi connectivity index (χ2v) is 6.66. The van der Waals surface area contributed by atoms with Gasteiger partial charge < -0.3 is 5.32 Å². The highest BCUT2D eigenvalue weighted by atomic mass is 15.2. The van der Waals surface area contributed by atoms with E-state index < -0.39 is 0 Å². The Morgan fingerprint density at radius 1 is 1.30 bits per heavy atom. The van der Waals surface area contributed by atoms with E-state index in [2.05, 4.69) is 55.3 Å². The number of piperidine rings is 1. The van der Waals surface area contributed by atoms with Crippen LogP contribution in [0.2, 0.25) is 0 Å². The number of nitrogens with zero attached hydrogens (tertiary/aromatic N) is 1. The van der Waals surface area contributed by atoms with Crippen LogP contribution in [0.3, 0.4) is 0 Å². The Labute approximate surface area is 124 Å². The molecule has 0 aromatic heterocycles. The Bertz CT molecular complexity index is 400. The largest absolute Gasteiger partial charge is 0.315 e. The number of likely N-dealkylation sites (tertiary alicyclic amines) is 1. The molecule has 1 N–H and O–H groups in total. The van der Waals surface area contributed by atoms with Crippen LogP contribution in [0.1, 0.15) is 44.2 Å². The van der Waals surface area contributed by atoms with Gasteiger partial charge in [0.05, 0.1) is 0 Å². The first-order valence-corrected chi connectivity index (χ1v) is 8.15. The average Bonchev–Trinajstić information content (AvgIpc) is 2.40. The van der Waals surface area contributed by atoms with Crippen molar-refractivity contribution in [2.75, 3.05) is 19.6 Å². The van der Waals surface area contributed by atoms with Gasteiger partial charge in [-0.05, 0) is 44.3 Å². The van der Waals surface area contributed by atoms with Gasteiger partial charge in [0, 0.05) is 19.1 Å². The van der Waals surface area contributed by atoms with E-state index in [9.17, 15) is 0 Å². The standard InChI is InChI=1S/C18H30N2/c1-15(2)12-19-13-18-9-4-5-10-20(18)14-17-8-6-7-16(3)11-17/h6-8,11,15,18-19H,4-5,9-10,12-14H2,1-3H3. The van der Waals surface area contributed by atoms with Crippen LogP contribution in [-0.4, -0.2) is 30.6 Å². The summed E-state index contributed by atoms with van der Waals surface area (Å²) < 4.78 is 0. The van der Waals surface area contributed by atoms with Crippen LogP contribution in [0.5, 0.6) is 0 Å². The highest BCUT2D eigenvalue weighted by Crippen LogP contribution is 2.19. The van der Waals surface area contributed by atoms with Crippen molar-refractivity contribution in [3.63, 3.8) is 0 Å². The molecule has 1 aliphatic rings. The molecule has 2 rings (SSSR count). The van der Waals surface area contributed by atoms with E-state index >= 15 is 0 Å². The molecular weight excluding hydrogens is 244 g/mol. The van der Waals surface area contributed by atoms with Crippen molar-refractivity contribution >= 4 is 0 Å². The van der Waals surface area contributed by atoms with Gasteiger partial charge in [0.15, 0.2) is 0 Å². The van der Waals surface area contributed by atoms with Crippen molar-refractivity contribution in [2.45, 2.75) is 52.6 Å². The van der Waals surface area contributed by atoms with Gasteiger partial charge in [0.1, 0.15) is 0 Å². The lowest BCUT2D eigenvalue weighted by atomic mass is 10.0. The van der Waals surface area contributed by atoms with Crippen LogP contribution < -0.4 is 5.32 Å². The van der Waals surface area contributed by atoms with E-state index in [4.69, 9.17) is 0 Å². The molecule has 0 radical (unpaired) electrons. The fourth-order valence-electron chi connectivity index (χ4n) is 3.08. The average molecular weight is 274 g/mol. The SMILES string of the molecule is Cc1cccc(CN2CCCCC2CNCC(C)C)c1. The number of hydrogen-bond acceptors (Lipinski definition) is 2. The van der Waals surface area contributed by atoms with Crippen molar-refractivity contribution in [3.8, 4) is 0 Å². The molecule has 1 heterocycles. The minimum Gasteiger partial charge on any atom is -0.315 e. The van der Waals surface area contributed by atoms with Crippen molar-refractivity contribution in [3.05, 3.63) is 35.4 Å². The second-order valence-electron chi connectivity index (χ2n) is 6.66. The molecule has 1 aliphatic heterocycles. The van der Waals surface area contributed by atoms with E-state index in [0.717, 1.165) is 25.6 Å². The van der Waals surface area contributed by atoms with Crippen molar-refractivity contribution in [2.24, 2.45) is 5.92 Å². The normalized spacial score (nSPS) is 20.5. The third-order valence-corrected chi connectivity index (χ3v) is 4.15. The molecule has 0 amide bonds. The van der Waals surface area contributed by atoms with Crippen LogP contribution in [0.15, 0.2) is 24.3 Å². The minimum atomic E-state index is 0.711. The summed E-state index contributed by atoms with van der Waals surface area (Å²) in [5.74, 6) is 0.740. The molecule has 1 aromatic rings. The zero-order valence-corrected chi connectivity index (χ0v) is 13.4. The molecule has 2 heteroatoms. The molecule has 1 atom stereocenters. The molecule has 0 bridgehead atoms. The fraction of sp³-hybridized carbons (Fsp3) is 0.667. The van der Waals surface area contributed by atoms with Crippen molar-refractivity contribution < 1.29 is 0 Å². The predicted molar refractivity (Wildman–Crippen MR) is 86.9 cm³/mol. The summed E-state index contributed by atoms with van der Waals surface area (Å²) in [5.41, 5.74) is 2.83. The number of rotatable bonds is 6. The van der Waals surface area contributed by atoms with E-state index in [1.807, 2.05) is 0 Å². The Hall–Kier alpha value is -0.860. The second kappa shape index (κ2) is 7.80. The van der Waals surface area contributed by atoms with Gasteiger partial charge in [-0.25, -0.2) is 0 Å². The van der Waals surface area contributed by atoms with E-state index in [-0.39, 0.29) is 0 Å². The third-order valence-electron chi connectivity index (χ3n) is 4.15. The highest BCUT2D eigenvalue weighted by Gasteiger charge is 2.22. The van der Waals surface area contributed by atoms with E-state index in [1.165, 1.54) is 36.9 Å². The predicted octanol–water partition coefficient (Wildman–Crippen LogP) is 3.60. The lowest BCUT2D eigenvalue weighted by molar-refractivity contribution is 0.137. The molecule has 0 saturated carbocycles. The Morgan fingerprint density at radius 2 is 2.15 bits per heavy atom. The Kier molecular flexibility index (Phi) is 6.06. The minimum absolute atomic E-state index is 0.711. The number of benzene rings is 1. The summed E-state index contributed by atoms with van der Waals surface area (Å²) in [6.07, 6.45) is 4.09. The monoisotopic (exact) mass is 274 g/mol. The zero-order valence-electron chi connectivity index (χ0n) is 13.4. The number of aryl methyl sites for hydroxylation is 1. The fourth-order valence-corrected chi connectivity index (χ4v) is 3.08. The molecule has 1 aromatic carbocycles. The maximum absolute atomic E-state index is 3.64. The van der Waals surface area contributed by atoms with Gasteiger partial charge in [-0.2, -0.15) is 0 Å². The number of nitrogens with one attached hydrogen (secondary N) is 1. The molecule has 1 unspecified atom stereocenters. The van der Waals surface area contributed by atoms with Crippen LogP contribution >= 0.6 is 0 Å². The summed E-state index contributed by atoms with van der Waals surface area (Å²) in [6.45, 7) is 11.4. The van der Waals surface area contributed by atoms with Crippen LogP contribution in [0.4, 0.5) is 0 Å². The first-order valence-electron chi connectivity index (χ1n) is 8.15. The Morgan fingerprint density at radius 3 is 2.90 bits per heavy atom. The van der Waals surface area contributed by atoms with Gasteiger partial charge in [-0.15, -0.1) is 0 Å². The molecule has 112 valence electrons. The van der Waals surface area contributed by atoms with Gasteiger partial charge in [-0.3, -0.25) is 4.90 Å². The van der Waals surface area contributed by atoms with Crippen molar-refractivity contribution in [1.82, 2.24) is 10.2 Å². The quantitative estimate of drug-likeness (QED) is 0.853. The first-order chi connectivity index (χ1) is 9.65. The van der Waals surface area contributed by atoms with Crippen molar-refractivity contribution in [1.29, 1.82) is 0 Å². The summed E-state index contributed by atoms with van der Waals surface area (Å²) in [5, 5.41) is 3.64. The highest BCUT2D eigenvalue weighted by molar-refractivity contribution is 5.22. The molecule has 20 heavy (non-hydrogen) atoms. The maximum Gasteiger partial charge on any atom is 0.0237 e. The molecule has 1 saturated heterocycles. The summed E-state index contributed by atoms with van der Waals surface area (Å²) in [4.78, 5) is 2.67. The summed E-state index contributed by atoms with van der Waals surface area (Å²) >= 11 is 0. The smallest absolute Gasteiger partial charge is 0.0237 e. The topological polar surface area (TPSA) is 15.3 Å². The third kappa shape index (κ3) is 4.92. The first kappa shape index (κ1) is 15.5. The number of hydrogen-bond donors (Lipinski definition) is 1. The molecule has 2 nitrogen and oxygen atoms in total. The molecule has 1 fully saturated rings. The van der Waals surface area contributed by atoms with E-state index in [0.29, 0.717) is 6.04 Å². The lowest BCUT2D eigenvalue weighted by Gasteiger charge is -2.36. The van der Waals surface area contributed by atoms with Crippen LogP contribution in [0, 0.1) is 12.8 Å². The van der Waals surface area contributed by atoms with Gasteiger partial charge in [0.2, 0.25) is 0 Å². The molecule has 0 aliphatic carbocycles. The van der Waals surface area contributed by atoms with Gasteiger partial charge in [0.25, 0.3) is 0 Å². The summed E-state index contributed by atoms with van der Waals surface area (Å²) in [6, 6.07) is 9.66. The maximum atomic E-state index is 3.64. The van der Waals surface area contributed by atoms with Gasteiger partial charge in [-0.1, -0.05) is 50.1 Å². The summed E-state index contributed by atoms with van der Waals surface area (Å²) in [7, 11) is 0. The van der Waals surface area contributed by atoms with Crippen LogP contribution in [-0.2, 0) is 6.54 Å². The van der Waals surface area contributed by atoms with Gasteiger partial charge >= 0.3 is 0 Å². The van der Waals surface area contributed by atoms with E-state index in [1.54, 1.807) is 0 Å². The van der Waals surface area contributed by atoms with Crippen LogP contribution in [0.25, 0.3) is 0 Å². The lowest BCUT2D eigenvalue weighted by Crippen LogP contribution is -2.45. The Balaban J connectivity index is 1.89. The zero-order chi connectivity index (χ0) is 14.4.